The lowest BCUT2D eigenvalue weighted by Crippen LogP contribution is -2.24. The van der Waals surface area contributed by atoms with E-state index < -0.39 is 0 Å². The van der Waals surface area contributed by atoms with Crippen molar-refractivity contribution in [2.75, 3.05) is 50.7 Å². The number of ether oxygens (including phenoxy) is 2. The first-order chi connectivity index (χ1) is 9.21. The van der Waals surface area contributed by atoms with Gasteiger partial charge in [-0.15, -0.1) is 0 Å². The Hall–Kier alpha value is -1.40. The maximum absolute atomic E-state index is 5.37. The average Bonchev–Trinajstić information content (AvgIpc) is 2.42. The second-order valence-corrected chi connectivity index (χ2v) is 4.11. The minimum Gasteiger partial charge on any atom is -0.383 e. The van der Waals surface area contributed by atoms with E-state index in [1.54, 1.807) is 7.11 Å². The molecule has 0 saturated carbocycles. The Labute approximate surface area is 115 Å². The monoisotopic (exact) mass is 268 g/mol. The van der Waals surface area contributed by atoms with Crippen molar-refractivity contribution in [2.24, 2.45) is 0 Å². The number of hydrogen-bond acceptors (Lipinski definition) is 6. The highest BCUT2D eigenvalue weighted by atomic mass is 16.5. The molecule has 108 valence electrons. The van der Waals surface area contributed by atoms with Crippen molar-refractivity contribution in [3.8, 4) is 0 Å². The number of methoxy groups -OCH3 is 1. The summed E-state index contributed by atoms with van der Waals surface area (Å²) in [5.74, 6) is 2.39. The molecule has 0 unspecified atom stereocenters. The fourth-order valence-electron chi connectivity index (χ4n) is 1.55. The van der Waals surface area contributed by atoms with E-state index in [2.05, 4.69) is 15.3 Å². The number of rotatable bonds is 9. The van der Waals surface area contributed by atoms with Gasteiger partial charge in [-0.25, -0.2) is 9.97 Å². The largest absolute Gasteiger partial charge is 0.383 e. The first kappa shape index (κ1) is 15.7. The first-order valence-electron chi connectivity index (χ1n) is 6.60. The molecule has 0 saturated heterocycles. The molecule has 0 atom stereocenters. The van der Waals surface area contributed by atoms with Crippen molar-refractivity contribution in [1.29, 1.82) is 0 Å². The molecule has 6 nitrogen and oxygen atoms in total. The van der Waals surface area contributed by atoms with Gasteiger partial charge < -0.3 is 19.7 Å². The Bertz CT molecular complexity index is 374. The molecule has 0 bridgehead atoms. The van der Waals surface area contributed by atoms with Crippen LogP contribution in [-0.2, 0) is 16.1 Å². The highest BCUT2D eigenvalue weighted by molar-refractivity contribution is 5.48. The topological polar surface area (TPSA) is 59.5 Å². The number of nitrogens with zero attached hydrogens (tertiary/aromatic N) is 3. The van der Waals surface area contributed by atoms with Crippen LogP contribution in [0.25, 0.3) is 0 Å². The Morgan fingerprint density at radius 1 is 1.32 bits per heavy atom. The molecule has 0 spiro atoms. The van der Waals surface area contributed by atoms with Crippen molar-refractivity contribution in [3.05, 3.63) is 11.9 Å². The molecule has 0 fully saturated rings. The van der Waals surface area contributed by atoms with Crippen LogP contribution >= 0.6 is 0 Å². The molecule has 0 aromatic carbocycles. The van der Waals surface area contributed by atoms with Gasteiger partial charge in [0.1, 0.15) is 18.2 Å². The molecule has 0 amide bonds. The van der Waals surface area contributed by atoms with Crippen LogP contribution in [0.15, 0.2) is 6.07 Å². The van der Waals surface area contributed by atoms with Gasteiger partial charge in [-0.1, -0.05) is 0 Å². The van der Waals surface area contributed by atoms with E-state index in [1.165, 1.54) is 0 Å². The summed E-state index contributed by atoms with van der Waals surface area (Å²) in [4.78, 5) is 11.0. The SMILES string of the molecule is CCNc1cc(N(C)CCOC)nc(COCC)n1. The van der Waals surface area contributed by atoms with Gasteiger partial charge in [0.2, 0.25) is 0 Å². The van der Waals surface area contributed by atoms with E-state index in [0.29, 0.717) is 25.6 Å². The lowest BCUT2D eigenvalue weighted by atomic mass is 10.4. The zero-order valence-corrected chi connectivity index (χ0v) is 12.3. The van der Waals surface area contributed by atoms with Crippen molar-refractivity contribution in [2.45, 2.75) is 20.5 Å². The third-order valence-electron chi connectivity index (χ3n) is 2.57. The molecular weight excluding hydrogens is 244 g/mol. The summed E-state index contributed by atoms with van der Waals surface area (Å²) in [5.41, 5.74) is 0. The summed E-state index contributed by atoms with van der Waals surface area (Å²) in [5, 5.41) is 3.21. The van der Waals surface area contributed by atoms with Gasteiger partial charge in [0.05, 0.1) is 6.61 Å². The predicted molar refractivity (Wildman–Crippen MR) is 76.7 cm³/mol. The minimum absolute atomic E-state index is 0.431. The quantitative estimate of drug-likeness (QED) is 0.733. The van der Waals surface area contributed by atoms with Gasteiger partial charge in [0.25, 0.3) is 0 Å². The van der Waals surface area contributed by atoms with Gasteiger partial charge in [0.15, 0.2) is 5.82 Å². The minimum atomic E-state index is 0.431. The Balaban J connectivity index is 2.84. The van der Waals surface area contributed by atoms with Gasteiger partial charge in [-0.05, 0) is 13.8 Å². The van der Waals surface area contributed by atoms with Gasteiger partial charge in [0, 0.05) is 39.9 Å². The number of nitrogens with one attached hydrogen (secondary N) is 1. The summed E-state index contributed by atoms with van der Waals surface area (Å²) in [6, 6.07) is 1.94. The molecule has 1 aromatic rings. The van der Waals surface area contributed by atoms with Crippen molar-refractivity contribution in [1.82, 2.24) is 9.97 Å². The van der Waals surface area contributed by atoms with Gasteiger partial charge >= 0.3 is 0 Å². The second-order valence-electron chi connectivity index (χ2n) is 4.11. The third-order valence-corrected chi connectivity index (χ3v) is 2.57. The van der Waals surface area contributed by atoms with Crippen LogP contribution in [0.1, 0.15) is 19.7 Å². The van der Waals surface area contributed by atoms with E-state index in [-0.39, 0.29) is 0 Å². The van der Waals surface area contributed by atoms with E-state index >= 15 is 0 Å². The van der Waals surface area contributed by atoms with Crippen molar-refractivity contribution >= 4 is 11.6 Å². The number of anilines is 2. The van der Waals surface area contributed by atoms with Crippen LogP contribution in [0.3, 0.4) is 0 Å². The Kier molecular flexibility index (Phi) is 7.14. The molecule has 1 heterocycles. The predicted octanol–water partition coefficient (Wildman–Crippen LogP) is 1.53. The van der Waals surface area contributed by atoms with Crippen LogP contribution in [-0.4, -0.2) is 50.4 Å². The Morgan fingerprint density at radius 2 is 2.11 bits per heavy atom. The van der Waals surface area contributed by atoms with Crippen LogP contribution in [0.2, 0.25) is 0 Å². The zero-order valence-electron chi connectivity index (χ0n) is 12.3. The average molecular weight is 268 g/mol. The molecule has 1 aromatic heterocycles. The molecule has 0 aliphatic rings. The van der Waals surface area contributed by atoms with E-state index in [4.69, 9.17) is 9.47 Å². The zero-order chi connectivity index (χ0) is 14.1. The third kappa shape index (κ3) is 5.40. The molecule has 0 aliphatic carbocycles. The van der Waals surface area contributed by atoms with Crippen LogP contribution < -0.4 is 10.2 Å². The highest BCUT2D eigenvalue weighted by Gasteiger charge is 2.08. The molecule has 0 aliphatic heterocycles. The summed E-state index contributed by atoms with van der Waals surface area (Å²) in [7, 11) is 3.68. The smallest absolute Gasteiger partial charge is 0.158 e. The summed E-state index contributed by atoms with van der Waals surface area (Å²) in [6.07, 6.45) is 0. The fraction of sp³-hybridized carbons (Fsp3) is 0.692. The Morgan fingerprint density at radius 3 is 2.74 bits per heavy atom. The molecule has 19 heavy (non-hydrogen) atoms. The molecular formula is C13H24N4O2. The van der Waals surface area contributed by atoms with Crippen LogP contribution in [0.5, 0.6) is 0 Å². The standard InChI is InChI=1S/C13H24N4O2/c1-5-14-11-9-13(17(3)7-8-18-4)16-12(15-11)10-19-6-2/h9H,5-8,10H2,1-4H3,(H,14,15,16). The van der Waals surface area contributed by atoms with Crippen LogP contribution in [0, 0.1) is 0 Å². The maximum Gasteiger partial charge on any atom is 0.158 e. The lowest BCUT2D eigenvalue weighted by Gasteiger charge is -2.19. The second kappa shape index (κ2) is 8.66. The lowest BCUT2D eigenvalue weighted by molar-refractivity contribution is 0.128. The number of likely N-dealkylation sites (N-methyl/N-ethyl adjacent to an activating group) is 1. The molecule has 1 rings (SSSR count). The van der Waals surface area contributed by atoms with E-state index in [0.717, 1.165) is 24.7 Å². The van der Waals surface area contributed by atoms with E-state index in [1.807, 2.05) is 31.9 Å². The number of aromatic nitrogens is 2. The molecule has 1 N–H and O–H groups in total. The van der Waals surface area contributed by atoms with Gasteiger partial charge in [-0.2, -0.15) is 0 Å². The highest BCUT2D eigenvalue weighted by Crippen LogP contribution is 2.15. The molecule has 0 radical (unpaired) electrons. The van der Waals surface area contributed by atoms with Crippen LogP contribution in [0.4, 0.5) is 11.6 Å². The van der Waals surface area contributed by atoms with Crippen molar-refractivity contribution in [3.63, 3.8) is 0 Å². The summed E-state index contributed by atoms with van der Waals surface area (Å²) < 4.78 is 10.5. The summed E-state index contributed by atoms with van der Waals surface area (Å²) in [6.45, 7) is 7.36. The summed E-state index contributed by atoms with van der Waals surface area (Å²) >= 11 is 0. The fourth-order valence-corrected chi connectivity index (χ4v) is 1.55. The van der Waals surface area contributed by atoms with Gasteiger partial charge in [-0.3, -0.25) is 0 Å². The van der Waals surface area contributed by atoms with E-state index in [9.17, 15) is 0 Å². The normalized spacial score (nSPS) is 10.5. The maximum atomic E-state index is 5.37. The number of hydrogen-bond donors (Lipinski definition) is 1. The first-order valence-corrected chi connectivity index (χ1v) is 6.60. The van der Waals surface area contributed by atoms with Crippen molar-refractivity contribution < 1.29 is 9.47 Å². The molecule has 6 heteroatoms.